The van der Waals surface area contributed by atoms with E-state index in [0.29, 0.717) is 53.5 Å². The molecule has 1 aromatic carbocycles. The molecule has 0 saturated carbocycles. The van der Waals surface area contributed by atoms with Crippen LogP contribution in [0.4, 0.5) is 14.6 Å². The zero-order valence-corrected chi connectivity index (χ0v) is 26.4. The highest BCUT2D eigenvalue weighted by molar-refractivity contribution is 7.99. The molecular formula is C33H36F2N6O2S. The number of aryl methyl sites for hydroxylation is 1. The molecular weight excluding hydrogens is 582 g/mol. The SMILES string of the molecule is C=CC(=O)N1CCN(c2nc(=O)n(-c3c(C)ccnc3CC(C)C)c3nc(-c4c(F)cccc4SCC)c(F)cc23)[C@@H](C)C1. The lowest BCUT2D eigenvalue weighted by atomic mass is 10.0. The summed E-state index contributed by atoms with van der Waals surface area (Å²) in [4.78, 5) is 44.4. The van der Waals surface area contributed by atoms with Crippen molar-refractivity contribution in [1.82, 2.24) is 24.4 Å². The lowest BCUT2D eigenvalue weighted by Gasteiger charge is -2.40. The molecule has 4 aromatic rings. The number of pyridine rings is 2. The number of benzene rings is 1. The van der Waals surface area contributed by atoms with E-state index in [2.05, 4.69) is 30.4 Å². The average molecular weight is 619 g/mol. The van der Waals surface area contributed by atoms with E-state index in [1.807, 2.05) is 25.7 Å². The van der Waals surface area contributed by atoms with Crippen LogP contribution >= 0.6 is 11.8 Å². The number of carbonyl (C=O) groups is 1. The Bertz CT molecular complexity index is 1810. The van der Waals surface area contributed by atoms with Crippen molar-refractivity contribution in [1.29, 1.82) is 0 Å². The molecule has 1 atom stereocenters. The molecule has 1 aliphatic heterocycles. The van der Waals surface area contributed by atoms with Crippen LogP contribution in [0, 0.1) is 24.5 Å². The Hall–Kier alpha value is -4.12. The van der Waals surface area contributed by atoms with Crippen molar-refractivity contribution in [2.75, 3.05) is 30.3 Å². The number of fused-ring (bicyclic) bond motifs is 1. The Morgan fingerprint density at radius 3 is 2.64 bits per heavy atom. The predicted octanol–water partition coefficient (Wildman–Crippen LogP) is 5.96. The summed E-state index contributed by atoms with van der Waals surface area (Å²) in [5.41, 5.74) is 1.41. The monoisotopic (exact) mass is 618 g/mol. The first-order valence-corrected chi connectivity index (χ1v) is 15.7. The summed E-state index contributed by atoms with van der Waals surface area (Å²) < 4.78 is 33.0. The molecule has 5 rings (SSSR count). The van der Waals surface area contributed by atoms with Crippen molar-refractivity contribution >= 4 is 34.5 Å². The van der Waals surface area contributed by atoms with Crippen LogP contribution in [0.25, 0.3) is 28.0 Å². The van der Waals surface area contributed by atoms with Gasteiger partial charge in [-0.15, -0.1) is 11.8 Å². The van der Waals surface area contributed by atoms with Gasteiger partial charge < -0.3 is 9.80 Å². The normalized spacial score (nSPS) is 15.3. The summed E-state index contributed by atoms with van der Waals surface area (Å²) in [6.07, 6.45) is 3.56. The number of thioether (sulfide) groups is 1. The van der Waals surface area contributed by atoms with Gasteiger partial charge in [0.25, 0.3) is 0 Å². The van der Waals surface area contributed by atoms with Crippen LogP contribution in [0.3, 0.4) is 0 Å². The van der Waals surface area contributed by atoms with Gasteiger partial charge in [0.05, 0.1) is 22.3 Å². The number of carbonyl (C=O) groups excluding carboxylic acids is 1. The molecule has 0 aliphatic carbocycles. The number of halogens is 2. The minimum absolute atomic E-state index is 0.0475. The molecule has 1 saturated heterocycles. The molecule has 11 heteroatoms. The fourth-order valence-corrected chi connectivity index (χ4v) is 6.59. The van der Waals surface area contributed by atoms with Crippen LogP contribution in [0.5, 0.6) is 0 Å². The van der Waals surface area contributed by atoms with E-state index in [1.54, 1.807) is 29.3 Å². The summed E-state index contributed by atoms with van der Waals surface area (Å²) in [5.74, 6) is -0.366. The van der Waals surface area contributed by atoms with Crippen molar-refractivity contribution in [3.05, 3.63) is 82.6 Å². The van der Waals surface area contributed by atoms with Crippen molar-refractivity contribution in [3.63, 3.8) is 0 Å². The number of hydrogen-bond acceptors (Lipinski definition) is 7. The van der Waals surface area contributed by atoms with Gasteiger partial charge in [-0.1, -0.05) is 33.4 Å². The molecule has 3 aromatic heterocycles. The molecule has 0 unspecified atom stereocenters. The Kier molecular flexibility index (Phi) is 9.15. The summed E-state index contributed by atoms with van der Waals surface area (Å²) in [6.45, 7) is 14.5. The summed E-state index contributed by atoms with van der Waals surface area (Å²) in [5, 5.41) is 0.306. The minimum atomic E-state index is -0.729. The molecule has 4 heterocycles. The maximum atomic E-state index is 16.2. The molecule has 1 fully saturated rings. The van der Waals surface area contributed by atoms with Crippen LogP contribution in [-0.2, 0) is 11.2 Å². The lowest BCUT2D eigenvalue weighted by molar-refractivity contribution is -0.126. The number of piperazine rings is 1. The van der Waals surface area contributed by atoms with Crippen LogP contribution in [0.1, 0.15) is 39.0 Å². The van der Waals surface area contributed by atoms with Gasteiger partial charge in [-0.2, -0.15) is 4.98 Å². The van der Waals surface area contributed by atoms with Gasteiger partial charge in [-0.05, 0) is 67.8 Å². The van der Waals surface area contributed by atoms with E-state index in [0.717, 1.165) is 5.56 Å². The fraction of sp³-hybridized carbons (Fsp3) is 0.364. The van der Waals surface area contributed by atoms with Gasteiger partial charge in [0.2, 0.25) is 5.91 Å². The second kappa shape index (κ2) is 12.9. The maximum absolute atomic E-state index is 16.2. The minimum Gasteiger partial charge on any atom is -0.350 e. The van der Waals surface area contributed by atoms with Crippen LogP contribution in [0.15, 0.2) is 58.9 Å². The third-order valence-corrected chi connectivity index (χ3v) is 8.67. The second-order valence-electron chi connectivity index (χ2n) is 11.3. The maximum Gasteiger partial charge on any atom is 0.355 e. The predicted molar refractivity (Wildman–Crippen MR) is 172 cm³/mol. The number of amides is 1. The molecule has 230 valence electrons. The first-order chi connectivity index (χ1) is 21.0. The molecule has 44 heavy (non-hydrogen) atoms. The molecule has 0 radical (unpaired) electrons. The molecule has 1 aliphatic rings. The Balaban J connectivity index is 1.83. The highest BCUT2D eigenvalue weighted by atomic mass is 32.2. The second-order valence-corrected chi connectivity index (χ2v) is 12.6. The molecule has 0 spiro atoms. The summed E-state index contributed by atoms with van der Waals surface area (Å²) >= 11 is 1.39. The summed E-state index contributed by atoms with van der Waals surface area (Å²) in [6, 6.07) is 7.47. The third-order valence-electron chi connectivity index (χ3n) is 7.73. The molecule has 1 amide bonds. The third kappa shape index (κ3) is 5.85. The van der Waals surface area contributed by atoms with E-state index in [1.165, 1.54) is 34.5 Å². The van der Waals surface area contributed by atoms with E-state index in [-0.39, 0.29) is 40.6 Å². The van der Waals surface area contributed by atoms with Gasteiger partial charge >= 0.3 is 5.69 Å². The zero-order chi connectivity index (χ0) is 31.7. The number of anilines is 1. The Morgan fingerprint density at radius 2 is 1.95 bits per heavy atom. The zero-order valence-electron chi connectivity index (χ0n) is 25.6. The largest absolute Gasteiger partial charge is 0.355 e. The smallest absolute Gasteiger partial charge is 0.350 e. The van der Waals surface area contributed by atoms with Gasteiger partial charge in [-0.25, -0.2) is 23.1 Å². The van der Waals surface area contributed by atoms with Crippen LogP contribution in [0.2, 0.25) is 0 Å². The lowest BCUT2D eigenvalue weighted by Crippen LogP contribution is -2.54. The van der Waals surface area contributed by atoms with Gasteiger partial charge in [-0.3, -0.25) is 9.78 Å². The molecule has 8 nitrogen and oxygen atoms in total. The fourth-order valence-electron chi connectivity index (χ4n) is 5.76. The van der Waals surface area contributed by atoms with Crippen molar-refractivity contribution < 1.29 is 13.6 Å². The van der Waals surface area contributed by atoms with E-state index >= 15 is 8.78 Å². The Morgan fingerprint density at radius 1 is 1.18 bits per heavy atom. The van der Waals surface area contributed by atoms with Crippen molar-refractivity contribution in [2.24, 2.45) is 5.92 Å². The van der Waals surface area contributed by atoms with Gasteiger partial charge in [0.15, 0.2) is 11.5 Å². The average Bonchev–Trinajstić information content (AvgIpc) is 2.97. The van der Waals surface area contributed by atoms with Crippen molar-refractivity contribution in [3.8, 4) is 16.9 Å². The number of hydrogen-bond donors (Lipinski definition) is 0. The van der Waals surface area contributed by atoms with Crippen molar-refractivity contribution in [2.45, 2.75) is 52.0 Å². The van der Waals surface area contributed by atoms with E-state index < -0.39 is 17.3 Å². The number of rotatable bonds is 8. The Labute approximate surface area is 259 Å². The van der Waals surface area contributed by atoms with Gasteiger partial charge in [0.1, 0.15) is 17.3 Å². The van der Waals surface area contributed by atoms with E-state index in [9.17, 15) is 9.59 Å². The van der Waals surface area contributed by atoms with Crippen LogP contribution in [-0.4, -0.2) is 61.8 Å². The van der Waals surface area contributed by atoms with E-state index in [4.69, 9.17) is 4.98 Å². The highest BCUT2D eigenvalue weighted by Crippen LogP contribution is 2.37. The number of nitrogens with zero attached hydrogens (tertiary/aromatic N) is 6. The first-order valence-electron chi connectivity index (χ1n) is 14.7. The number of aromatic nitrogens is 4. The molecule has 0 bridgehead atoms. The molecule has 0 N–H and O–H groups in total. The topological polar surface area (TPSA) is 84.2 Å². The highest BCUT2D eigenvalue weighted by Gasteiger charge is 2.31. The quantitative estimate of drug-likeness (QED) is 0.178. The van der Waals surface area contributed by atoms with Crippen LogP contribution < -0.4 is 10.6 Å². The standard InChI is InChI=1S/C33H36F2N6O2S/c1-7-27(42)39-14-15-40(21(6)18-39)31-22-17-24(35)29(28-23(34)10-9-11-26(28)44-8-2)37-32(22)41(33(43)38-31)30-20(5)12-13-36-25(30)16-19(3)4/h7,9-13,17,19,21H,1,8,14-16,18H2,2-6H3/t21-/m0/s1. The summed E-state index contributed by atoms with van der Waals surface area (Å²) in [7, 11) is 0. The first kappa shape index (κ1) is 31.3. The van der Waals surface area contributed by atoms with Gasteiger partial charge in [0, 0.05) is 36.8 Å².